The largest absolute Gasteiger partial charge is 0.480 e. The predicted molar refractivity (Wildman–Crippen MR) is 62.9 cm³/mol. The van der Waals surface area contributed by atoms with Crippen LogP contribution >= 0.6 is 0 Å². The summed E-state index contributed by atoms with van der Waals surface area (Å²) in [5.74, 6) is -1.57. The van der Waals surface area contributed by atoms with E-state index in [-0.39, 0.29) is 24.6 Å². The fourth-order valence-electron chi connectivity index (χ4n) is 2.07. The molecule has 1 aliphatic heterocycles. The molecule has 1 aromatic heterocycles. The standard InChI is InChI=1S/C12H13NO6/c1-18-8-4-9(12(16)17)13(5-8)11(15)7-2-3-10(14)19-6-7/h2-3,6,8-9H,4-5H2,1H3,(H,16,17). The van der Waals surface area contributed by atoms with Crippen LogP contribution in [0.3, 0.4) is 0 Å². The highest BCUT2D eigenvalue weighted by Crippen LogP contribution is 2.22. The monoisotopic (exact) mass is 267 g/mol. The van der Waals surface area contributed by atoms with E-state index in [0.29, 0.717) is 0 Å². The summed E-state index contributed by atoms with van der Waals surface area (Å²) in [5, 5.41) is 9.11. The average molecular weight is 267 g/mol. The van der Waals surface area contributed by atoms with Crippen molar-refractivity contribution in [2.24, 2.45) is 0 Å². The van der Waals surface area contributed by atoms with Crippen LogP contribution in [0.5, 0.6) is 0 Å². The lowest BCUT2D eigenvalue weighted by Gasteiger charge is -2.20. The van der Waals surface area contributed by atoms with Crippen LogP contribution in [0.4, 0.5) is 0 Å². The van der Waals surface area contributed by atoms with Gasteiger partial charge in [0.15, 0.2) is 0 Å². The van der Waals surface area contributed by atoms with Crippen molar-refractivity contribution in [2.75, 3.05) is 13.7 Å². The van der Waals surface area contributed by atoms with Crippen LogP contribution < -0.4 is 5.63 Å². The minimum atomic E-state index is -1.08. The predicted octanol–water partition coefficient (Wildman–Crippen LogP) is -0.0461. The number of rotatable bonds is 3. The van der Waals surface area contributed by atoms with E-state index in [2.05, 4.69) is 4.42 Å². The van der Waals surface area contributed by atoms with E-state index in [1.54, 1.807) is 0 Å². The quantitative estimate of drug-likeness (QED) is 0.825. The van der Waals surface area contributed by atoms with Crippen molar-refractivity contribution < 1.29 is 23.8 Å². The van der Waals surface area contributed by atoms with Crippen LogP contribution in [0.25, 0.3) is 0 Å². The third-order valence-electron chi connectivity index (χ3n) is 3.09. The summed E-state index contributed by atoms with van der Waals surface area (Å²) in [6, 6.07) is 1.50. The van der Waals surface area contributed by atoms with E-state index in [4.69, 9.17) is 9.84 Å². The lowest BCUT2D eigenvalue weighted by atomic mass is 10.2. The Hall–Kier alpha value is -2.15. The number of nitrogens with zero attached hydrogens (tertiary/aromatic N) is 1. The Morgan fingerprint density at radius 3 is 2.74 bits per heavy atom. The first-order chi connectivity index (χ1) is 9.02. The van der Waals surface area contributed by atoms with E-state index >= 15 is 0 Å². The van der Waals surface area contributed by atoms with Crippen molar-refractivity contribution in [3.63, 3.8) is 0 Å². The zero-order valence-corrected chi connectivity index (χ0v) is 10.2. The van der Waals surface area contributed by atoms with Crippen LogP contribution in [0.2, 0.25) is 0 Å². The van der Waals surface area contributed by atoms with E-state index in [1.165, 1.54) is 18.1 Å². The molecule has 2 unspecified atom stereocenters. The number of carboxylic acids is 1. The maximum atomic E-state index is 12.2. The van der Waals surface area contributed by atoms with Gasteiger partial charge in [0, 0.05) is 26.1 Å². The van der Waals surface area contributed by atoms with Gasteiger partial charge < -0.3 is 19.2 Å². The van der Waals surface area contributed by atoms with Gasteiger partial charge in [-0.05, 0) is 6.07 Å². The van der Waals surface area contributed by atoms with E-state index in [0.717, 1.165) is 12.3 Å². The van der Waals surface area contributed by atoms with Crippen molar-refractivity contribution in [3.05, 3.63) is 34.4 Å². The fraction of sp³-hybridized carbons (Fsp3) is 0.417. The molecular formula is C12H13NO6. The summed E-state index contributed by atoms with van der Waals surface area (Å²) in [5.41, 5.74) is -0.426. The zero-order valence-electron chi connectivity index (χ0n) is 10.2. The van der Waals surface area contributed by atoms with Gasteiger partial charge in [0.1, 0.15) is 12.3 Å². The van der Waals surface area contributed by atoms with Crippen molar-refractivity contribution in [1.29, 1.82) is 0 Å². The van der Waals surface area contributed by atoms with Gasteiger partial charge in [-0.2, -0.15) is 0 Å². The van der Waals surface area contributed by atoms with E-state index < -0.39 is 23.5 Å². The second-order valence-corrected chi connectivity index (χ2v) is 4.25. The van der Waals surface area contributed by atoms with Crippen molar-refractivity contribution in [1.82, 2.24) is 4.90 Å². The maximum Gasteiger partial charge on any atom is 0.335 e. The number of carbonyl (C=O) groups excluding carboxylic acids is 1. The first-order valence-electron chi connectivity index (χ1n) is 5.68. The van der Waals surface area contributed by atoms with Crippen LogP contribution in [0.1, 0.15) is 16.8 Å². The Kier molecular flexibility index (Phi) is 3.66. The molecule has 1 aromatic rings. The van der Waals surface area contributed by atoms with Gasteiger partial charge in [-0.3, -0.25) is 4.79 Å². The summed E-state index contributed by atoms with van der Waals surface area (Å²) in [6.07, 6.45) is 0.971. The highest BCUT2D eigenvalue weighted by atomic mass is 16.5. The maximum absolute atomic E-state index is 12.2. The molecule has 0 aliphatic carbocycles. The number of aliphatic carboxylic acids is 1. The van der Waals surface area contributed by atoms with E-state index in [1.807, 2.05) is 0 Å². The normalized spacial score (nSPS) is 22.5. The van der Waals surface area contributed by atoms with Crippen molar-refractivity contribution >= 4 is 11.9 Å². The Bertz CT molecular complexity index is 531. The van der Waals surface area contributed by atoms with Gasteiger partial charge >= 0.3 is 11.6 Å². The lowest BCUT2D eigenvalue weighted by molar-refractivity contribution is -0.141. The first-order valence-corrected chi connectivity index (χ1v) is 5.68. The van der Waals surface area contributed by atoms with Crippen LogP contribution in [-0.4, -0.2) is 47.7 Å². The number of methoxy groups -OCH3 is 1. The van der Waals surface area contributed by atoms with E-state index in [9.17, 15) is 14.4 Å². The minimum absolute atomic E-state index is 0.141. The smallest absolute Gasteiger partial charge is 0.335 e. The highest BCUT2D eigenvalue weighted by molar-refractivity contribution is 5.96. The molecular weight excluding hydrogens is 254 g/mol. The summed E-state index contributed by atoms with van der Waals surface area (Å²) >= 11 is 0. The topological polar surface area (TPSA) is 97.0 Å². The van der Waals surface area contributed by atoms with Gasteiger partial charge in [0.05, 0.1) is 11.7 Å². The molecule has 102 valence electrons. The molecule has 2 rings (SSSR count). The number of amides is 1. The Balaban J connectivity index is 2.23. The summed E-state index contributed by atoms with van der Waals surface area (Å²) < 4.78 is 9.70. The lowest BCUT2D eigenvalue weighted by Crippen LogP contribution is -2.40. The second kappa shape index (κ2) is 5.23. The molecule has 0 spiro atoms. The van der Waals surface area contributed by atoms with Gasteiger partial charge in [-0.15, -0.1) is 0 Å². The highest BCUT2D eigenvalue weighted by Gasteiger charge is 2.40. The molecule has 1 saturated heterocycles. The molecule has 0 aromatic carbocycles. The van der Waals surface area contributed by atoms with Crippen molar-refractivity contribution in [3.8, 4) is 0 Å². The van der Waals surface area contributed by atoms with Gasteiger partial charge in [0.2, 0.25) is 0 Å². The third-order valence-corrected chi connectivity index (χ3v) is 3.09. The van der Waals surface area contributed by atoms with Crippen LogP contribution in [0.15, 0.2) is 27.6 Å². The van der Waals surface area contributed by atoms with Gasteiger partial charge in [-0.25, -0.2) is 9.59 Å². The van der Waals surface area contributed by atoms with Crippen LogP contribution in [0, 0.1) is 0 Å². The molecule has 7 heteroatoms. The molecule has 1 amide bonds. The molecule has 0 saturated carbocycles. The number of likely N-dealkylation sites (tertiary alicyclic amines) is 1. The summed E-state index contributed by atoms with van der Waals surface area (Å²) in [4.78, 5) is 35.4. The molecule has 1 N–H and O–H groups in total. The molecule has 19 heavy (non-hydrogen) atoms. The summed E-state index contributed by atoms with van der Waals surface area (Å²) in [6.45, 7) is 0.200. The molecule has 0 bridgehead atoms. The number of ether oxygens (including phenoxy) is 1. The van der Waals surface area contributed by atoms with Crippen LogP contribution in [-0.2, 0) is 9.53 Å². The van der Waals surface area contributed by atoms with Gasteiger partial charge in [0.25, 0.3) is 5.91 Å². The Labute approximate surface area is 108 Å². The Morgan fingerprint density at radius 1 is 1.47 bits per heavy atom. The van der Waals surface area contributed by atoms with Gasteiger partial charge in [-0.1, -0.05) is 0 Å². The molecule has 0 radical (unpaired) electrons. The number of hydrogen-bond donors (Lipinski definition) is 1. The Morgan fingerprint density at radius 2 is 2.21 bits per heavy atom. The molecule has 7 nitrogen and oxygen atoms in total. The fourth-order valence-corrected chi connectivity index (χ4v) is 2.07. The number of carboxylic acid groups (broad SMARTS) is 1. The summed E-state index contributed by atoms with van der Waals surface area (Å²) in [7, 11) is 1.47. The second-order valence-electron chi connectivity index (χ2n) is 4.25. The zero-order chi connectivity index (χ0) is 14.0. The number of carbonyl (C=O) groups is 2. The molecule has 2 heterocycles. The number of hydrogen-bond acceptors (Lipinski definition) is 5. The minimum Gasteiger partial charge on any atom is -0.480 e. The first kappa shape index (κ1) is 13.3. The molecule has 1 fully saturated rings. The third kappa shape index (κ3) is 2.65. The molecule has 2 atom stereocenters. The molecule has 1 aliphatic rings. The van der Waals surface area contributed by atoms with Crippen molar-refractivity contribution in [2.45, 2.75) is 18.6 Å². The average Bonchev–Trinajstić information content (AvgIpc) is 2.83. The SMILES string of the molecule is COC1CC(C(=O)O)N(C(=O)c2ccc(=O)oc2)C1.